The van der Waals surface area contributed by atoms with Crippen molar-refractivity contribution >= 4 is 18.0 Å². The third-order valence-corrected chi connectivity index (χ3v) is 6.06. The fourth-order valence-corrected chi connectivity index (χ4v) is 4.26. The fourth-order valence-electron chi connectivity index (χ4n) is 4.26. The first-order valence-electron chi connectivity index (χ1n) is 10.6. The molecule has 4 rings (SSSR count). The van der Waals surface area contributed by atoms with Crippen molar-refractivity contribution in [2.24, 2.45) is 11.8 Å². The molecule has 2 amide bonds. The predicted octanol–water partition coefficient (Wildman–Crippen LogP) is 2.38. The molecule has 2 aromatic rings. The van der Waals surface area contributed by atoms with Gasteiger partial charge in [-0.15, -0.1) is 0 Å². The van der Waals surface area contributed by atoms with E-state index in [1.54, 1.807) is 0 Å². The smallest absolute Gasteiger partial charge is 0.407 e. The molecule has 32 heavy (non-hydrogen) atoms. The second-order valence-corrected chi connectivity index (χ2v) is 8.16. The molecule has 1 unspecified atom stereocenters. The minimum absolute atomic E-state index is 0.0247. The zero-order chi connectivity index (χ0) is 22.7. The molecular weight excluding hydrogens is 412 g/mol. The van der Waals surface area contributed by atoms with E-state index in [1.807, 2.05) is 36.4 Å². The molecule has 3 N–H and O–H groups in total. The average Bonchev–Trinajstić information content (AvgIpc) is 3.51. The van der Waals surface area contributed by atoms with Crippen LogP contribution in [0.3, 0.4) is 0 Å². The Labute approximate surface area is 185 Å². The molecule has 0 radical (unpaired) electrons. The summed E-state index contributed by atoms with van der Waals surface area (Å²) >= 11 is 0. The van der Waals surface area contributed by atoms with Gasteiger partial charge in [0, 0.05) is 19.6 Å². The van der Waals surface area contributed by atoms with Gasteiger partial charge >= 0.3 is 12.1 Å². The van der Waals surface area contributed by atoms with Crippen LogP contribution in [0.15, 0.2) is 48.5 Å². The van der Waals surface area contributed by atoms with E-state index in [0.29, 0.717) is 6.42 Å². The summed E-state index contributed by atoms with van der Waals surface area (Å²) in [6.45, 7) is 0.370. The Balaban J connectivity index is 1.33. The lowest BCUT2D eigenvalue weighted by molar-refractivity contribution is -0.139. The number of carboxylic acid groups (broad SMARTS) is 1. The van der Waals surface area contributed by atoms with E-state index < -0.39 is 29.9 Å². The van der Waals surface area contributed by atoms with Crippen LogP contribution in [0.5, 0.6) is 0 Å². The largest absolute Gasteiger partial charge is 0.481 e. The SMILES string of the molecule is COCC(NC(=O)OCC1c2ccccc2-c2ccccc21)C(=O)NC[C@@H]1C[C@@H]1C(=O)O. The van der Waals surface area contributed by atoms with Crippen LogP contribution in [-0.2, 0) is 19.1 Å². The third-order valence-electron chi connectivity index (χ3n) is 6.06. The van der Waals surface area contributed by atoms with Gasteiger partial charge in [0.25, 0.3) is 0 Å². The molecular formula is C24H26N2O6. The van der Waals surface area contributed by atoms with E-state index in [-0.39, 0.29) is 31.6 Å². The minimum atomic E-state index is -0.933. The number of aliphatic carboxylic acids is 1. The summed E-state index contributed by atoms with van der Waals surface area (Å²) in [5.41, 5.74) is 4.47. The molecule has 0 bridgehead atoms. The maximum atomic E-state index is 12.5. The van der Waals surface area contributed by atoms with Gasteiger partial charge in [0.15, 0.2) is 0 Å². The molecule has 8 nitrogen and oxygen atoms in total. The molecule has 1 fully saturated rings. The van der Waals surface area contributed by atoms with Crippen molar-refractivity contribution in [2.45, 2.75) is 18.4 Å². The van der Waals surface area contributed by atoms with Crippen LogP contribution < -0.4 is 10.6 Å². The Kier molecular flexibility index (Phi) is 6.41. The number of alkyl carbamates (subject to hydrolysis) is 1. The zero-order valence-electron chi connectivity index (χ0n) is 17.7. The lowest BCUT2D eigenvalue weighted by Gasteiger charge is -2.19. The Morgan fingerprint density at radius 3 is 2.25 bits per heavy atom. The summed E-state index contributed by atoms with van der Waals surface area (Å²) in [6.07, 6.45) is -0.163. The van der Waals surface area contributed by atoms with Gasteiger partial charge < -0.3 is 25.2 Å². The standard InChI is InChI=1S/C24H26N2O6/c1-31-13-21(22(27)25-11-14-10-19(14)23(28)29)26-24(30)32-12-20-17-8-4-2-6-15(17)16-7-3-5-9-18(16)20/h2-9,14,19-21H,10-13H2,1H3,(H,25,27)(H,26,30)(H,28,29)/t14-,19-,21?/m0/s1. The van der Waals surface area contributed by atoms with Crippen LogP contribution in [-0.4, -0.2) is 56.0 Å². The first kappa shape index (κ1) is 21.8. The molecule has 0 saturated heterocycles. The highest BCUT2D eigenvalue weighted by Gasteiger charge is 2.43. The number of benzene rings is 2. The van der Waals surface area contributed by atoms with E-state index in [9.17, 15) is 14.4 Å². The van der Waals surface area contributed by atoms with Crippen LogP contribution >= 0.6 is 0 Å². The summed E-state index contributed by atoms with van der Waals surface area (Å²) in [5, 5.41) is 14.2. The van der Waals surface area contributed by atoms with Gasteiger partial charge in [-0.25, -0.2) is 4.79 Å². The number of carbonyl (C=O) groups excluding carboxylic acids is 2. The van der Waals surface area contributed by atoms with Gasteiger partial charge in [0.05, 0.1) is 12.5 Å². The van der Waals surface area contributed by atoms with Crippen LogP contribution in [0.4, 0.5) is 4.79 Å². The number of carboxylic acids is 1. The van der Waals surface area contributed by atoms with E-state index in [4.69, 9.17) is 14.6 Å². The number of hydrogen-bond donors (Lipinski definition) is 3. The third kappa shape index (κ3) is 4.60. The number of hydrogen-bond acceptors (Lipinski definition) is 5. The molecule has 2 aliphatic rings. The maximum Gasteiger partial charge on any atom is 0.407 e. The van der Waals surface area contributed by atoms with Gasteiger partial charge in [-0.05, 0) is 34.6 Å². The average molecular weight is 438 g/mol. The van der Waals surface area contributed by atoms with Gasteiger partial charge in [-0.1, -0.05) is 48.5 Å². The molecule has 1 saturated carbocycles. The molecule has 0 aliphatic heterocycles. The lowest BCUT2D eigenvalue weighted by Crippen LogP contribution is -2.50. The number of amides is 2. The highest BCUT2D eigenvalue weighted by atomic mass is 16.5. The molecule has 0 spiro atoms. The molecule has 8 heteroatoms. The van der Waals surface area contributed by atoms with Crippen molar-refractivity contribution in [3.63, 3.8) is 0 Å². The van der Waals surface area contributed by atoms with Gasteiger partial charge in [-0.2, -0.15) is 0 Å². The summed E-state index contributed by atoms with van der Waals surface area (Å²) in [6, 6.07) is 15.1. The monoisotopic (exact) mass is 438 g/mol. The van der Waals surface area contributed by atoms with Crippen LogP contribution in [0.2, 0.25) is 0 Å². The van der Waals surface area contributed by atoms with Crippen molar-refractivity contribution in [2.75, 3.05) is 26.9 Å². The predicted molar refractivity (Wildman–Crippen MR) is 116 cm³/mol. The molecule has 0 heterocycles. The summed E-state index contributed by atoms with van der Waals surface area (Å²) in [7, 11) is 1.43. The quantitative estimate of drug-likeness (QED) is 0.554. The lowest BCUT2D eigenvalue weighted by atomic mass is 9.98. The van der Waals surface area contributed by atoms with E-state index in [1.165, 1.54) is 7.11 Å². The number of ether oxygens (including phenoxy) is 2. The second-order valence-electron chi connectivity index (χ2n) is 8.16. The normalized spacial score (nSPS) is 19.4. The van der Waals surface area contributed by atoms with Gasteiger partial charge in [0.1, 0.15) is 12.6 Å². The van der Waals surface area contributed by atoms with Gasteiger partial charge in [-0.3, -0.25) is 9.59 Å². The molecule has 0 aromatic heterocycles. The Morgan fingerprint density at radius 1 is 1.06 bits per heavy atom. The van der Waals surface area contributed by atoms with E-state index in [0.717, 1.165) is 22.3 Å². The van der Waals surface area contributed by atoms with E-state index in [2.05, 4.69) is 22.8 Å². The Hall–Kier alpha value is -3.39. The van der Waals surface area contributed by atoms with Crippen molar-refractivity contribution < 1.29 is 29.0 Å². The number of nitrogens with one attached hydrogen (secondary N) is 2. The van der Waals surface area contributed by atoms with Crippen molar-refractivity contribution in [1.29, 1.82) is 0 Å². The van der Waals surface area contributed by atoms with Crippen molar-refractivity contribution in [1.82, 2.24) is 10.6 Å². The summed E-state index contributed by atoms with van der Waals surface area (Å²) in [5.74, 6) is -1.85. The molecule has 3 atom stereocenters. The first-order valence-corrected chi connectivity index (χ1v) is 10.6. The topological polar surface area (TPSA) is 114 Å². The second kappa shape index (κ2) is 9.40. The van der Waals surface area contributed by atoms with Crippen LogP contribution in [0, 0.1) is 11.8 Å². The fraction of sp³-hybridized carbons (Fsp3) is 0.375. The van der Waals surface area contributed by atoms with Crippen molar-refractivity contribution in [3.05, 3.63) is 59.7 Å². The highest BCUT2D eigenvalue weighted by Crippen LogP contribution is 2.44. The Bertz CT molecular complexity index is 978. The highest BCUT2D eigenvalue weighted by molar-refractivity contribution is 5.86. The Morgan fingerprint density at radius 2 is 1.69 bits per heavy atom. The molecule has 168 valence electrons. The van der Waals surface area contributed by atoms with E-state index >= 15 is 0 Å². The number of fused-ring (bicyclic) bond motifs is 3. The van der Waals surface area contributed by atoms with Crippen LogP contribution in [0.1, 0.15) is 23.5 Å². The molecule has 2 aliphatic carbocycles. The maximum absolute atomic E-state index is 12.5. The number of methoxy groups -OCH3 is 1. The number of rotatable bonds is 9. The number of carbonyl (C=O) groups is 3. The minimum Gasteiger partial charge on any atom is -0.481 e. The van der Waals surface area contributed by atoms with Gasteiger partial charge in [0.2, 0.25) is 5.91 Å². The van der Waals surface area contributed by atoms with Crippen molar-refractivity contribution in [3.8, 4) is 11.1 Å². The first-order chi connectivity index (χ1) is 15.5. The zero-order valence-corrected chi connectivity index (χ0v) is 17.7. The van der Waals surface area contributed by atoms with Crippen LogP contribution in [0.25, 0.3) is 11.1 Å². The summed E-state index contributed by atoms with van der Waals surface area (Å²) in [4.78, 5) is 35.8. The summed E-state index contributed by atoms with van der Waals surface area (Å²) < 4.78 is 10.5. The molecule has 2 aromatic carbocycles.